The molecule has 0 fully saturated rings. The monoisotopic (exact) mass is 258 g/mol. The maximum absolute atomic E-state index is 11.6. The third kappa shape index (κ3) is 4.94. The molecule has 0 aliphatic carbocycles. The van der Waals surface area contributed by atoms with Crippen LogP contribution >= 0.6 is 0 Å². The zero-order valence-electron chi connectivity index (χ0n) is 11.9. The lowest BCUT2D eigenvalue weighted by Gasteiger charge is -2.27. The SMILES string of the molecule is CCCC(C)NC(=O)NCC(CC)(CC)C(=O)O. The summed E-state index contributed by atoms with van der Waals surface area (Å²) in [6.07, 6.45) is 2.93. The normalized spacial score (nSPS) is 12.9. The number of urea groups is 1. The number of hydrogen-bond donors (Lipinski definition) is 3. The molecule has 0 aromatic carbocycles. The van der Waals surface area contributed by atoms with Crippen LogP contribution in [-0.4, -0.2) is 29.7 Å². The second-order valence-electron chi connectivity index (χ2n) is 4.81. The van der Waals surface area contributed by atoms with E-state index in [0.717, 1.165) is 12.8 Å². The topological polar surface area (TPSA) is 78.4 Å². The fourth-order valence-electron chi connectivity index (χ4n) is 1.91. The summed E-state index contributed by atoms with van der Waals surface area (Å²) in [5.41, 5.74) is -0.856. The molecule has 0 aromatic heterocycles. The van der Waals surface area contributed by atoms with E-state index < -0.39 is 11.4 Å². The molecule has 106 valence electrons. The predicted molar refractivity (Wildman–Crippen MR) is 71.6 cm³/mol. The average molecular weight is 258 g/mol. The first kappa shape index (κ1) is 16.7. The Balaban J connectivity index is 4.28. The van der Waals surface area contributed by atoms with Crippen molar-refractivity contribution >= 4 is 12.0 Å². The van der Waals surface area contributed by atoms with Gasteiger partial charge in [-0.15, -0.1) is 0 Å². The molecule has 0 saturated carbocycles. The summed E-state index contributed by atoms with van der Waals surface area (Å²) in [5, 5.41) is 14.7. The molecule has 0 radical (unpaired) electrons. The molecular formula is C13H26N2O3. The Kier molecular flexibility index (Phi) is 7.39. The molecule has 0 heterocycles. The van der Waals surface area contributed by atoms with Crippen LogP contribution in [0.1, 0.15) is 53.4 Å². The lowest BCUT2D eigenvalue weighted by atomic mass is 9.82. The van der Waals surface area contributed by atoms with Crippen LogP contribution in [0.4, 0.5) is 4.79 Å². The number of carbonyl (C=O) groups excluding carboxylic acids is 1. The molecule has 5 heteroatoms. The van der Waals surface area contributed by atoms with Crippen LogP contribution in [0.2, 0.25) is 0 Å². The molecule has 0 spiro atoms. The molecule has 0 rings (SSSR count). The molecule has 0 bridgehead atoms. The Labute approximate surface area is 109 Å². The number of hydrogen-bond acceptors (Lipinski definition) is 2. The van der Waals surface area contributed by atoms with Gasteiger partial charge in [-0.1, -0.05) is 27.2 Å². The van der Waals surface area contributed by atoms with Crippen LogP contribution < -0.4 is 10.6 Å². The van der Waals surface area contributed by atoms with Gasteiger partial charge in [0, 0.05) is 12.6 Å². The zero-order valence-corrected chi connectivity index (χ0v) is 11.9. The van der Waals surface area contributed by atoms with E-state index in [1.165, 1.54) is 0 Å². The number of aliphatic carboxylic acids is 1. The Morgan fingerprint density at radius 3 is 2.17 bits per heavy atom. The van der Waals surface area contributed by atoms with Crippen LogP contribution in [0, 0.1) is 5.41 Å². The van der Waals surface area contributed by atoms with Gasteiger partial charge in [-0.3, -0.25) is 4.79 Å². The maximum atomic E-state index is 11.6. The van der Waals surface area contributed by atoms with Gasteiger partial charge in [0.15, 0.2) is 0 Å². The molecule has 0 aliphatic heterocycles. The largest absolute Gasteiger partial charge is 0.481 e. The van der Waals surface area contributed by atoms with Crippen molar-refractivity contribution in [1.82, 2.24) is 10.6 Å². The molecule has 0 aromatic rings. The van der Waals surface area contributed by atoms with Crippen molar-refractivity contribution in [3.8, 4) is 0 Å². The van der Waals surface area contributed by atoms with Crippen LogP contribution in [0.15, 0.2) is 0 Å². The average Bonchev–Trinajstić information content (AvgIpc) is 2.30. The highest BCUT2D eigenvalue weighted by atomic mass is 16.4. The van der Waals surface area contributed by atoms with Crippen LogP contribution in [-0.2, 0) is 4.79 Å². The molecule has 0 aliphatic rings. The number of amides is 2. The van der Waals surface area contributed by atoms with Crippen molar-refractivity contribution in [2.45, 2.75) is 59.4 Å². The molecule has 0 saturated heterocycles. The van der Waals surface area contributed by atoms with Crippen molar-refractivity contribution in [3.05, 3.63) is 0 Å². The smallest absolute Gasteiger partial charge is 0.315 e. The summed E-state index contributed by atoms with van der Waals surface area (Å²) < 4.78 is 0. The predicted octanol–water partition coefficient (Wildman–Crippen LogP) is 2.37. The molecule has 18 heavy (non-hydrogen) atoms. The highest BCUT2D eigenvalue weighted by Crippen LogP contribution is 2.25. The number of carbonyl (C=O) groups is 2. The van der Waals surface area contributed by atoms with Gasteiger partial charge in [0.25, 0.3) is 0 Å². The summed E-state index contributed by atoms with van der Waals surface area (Å²) in [6.45, 7) is 7.82. The lowest BCUT2D eigenvalue weighted by Crippen LogP contribution is -2.47. The minimum absolute atomic E-state index is 0.109. The molecular weight excluding hydrogens is 232 g/mol. The van der Waals surface area contributed by atoms with Gasteiger partial charge in [-0.25, -0.2) is 4.79 Å². The van der Waals surface area contributed by atoms with Gasteiger partial charge >= 0.3 is 12.0 Å². The van der Waals surface area contributed by atoms with E-state index in [2.05, 4.69) is 17.6 Å². The third-order valence-electron chi connectivity index (χ3n) is 3.49. The van der Waals surface area contributed by atoms with Crippen LogP contribution in [0.25, 0.3) is 0 Å². The van der Waals surface area contributed by atoms with E-state index in [-0.39, 0.29) is 18.6 Å². The van der Waals surface area contributed by atoms with Crippen molar-refractivity contribution in [2.24, 2.45) is 5.41 Å². The Morgan fingerprint density at radius 1 is 1.22 bits per heavy atom. The molecule has 5 nitrogen and oxygen atoms in total. The Bertz CT molecular complexity index is 275. The number of rotatable bonds is 8. The quantitative estimate of drug-likeness (QED) is 0.625. The number of carboxylic acids is 1. The van der Waals surface area contributed by atoms with Crippen LogP contribution in [0.5, 0.6) is 0 Å². The van der Waals surface area contributed by atoms with E-state index in [1.54, 1.807) is 0 Å². The van der Waals surface area contributed by atoms with E-state index in [0.29, 0.717) is 12.8 Å². The standard InChI is InChI=1S/C13H26N2O3/c1-5-8-10(4)15-12(18)14-9-13(6-2,7-3)11(16)17/h10H,5-9H2,1-4H3,(H,16,17)(H2,14,15,18). The fraction of sp³-hybridized carbons (Fsp3) is 0.846. The van der Waals surface area contributed by atoms with Gasteiger partial charge in [0.05, 0.1) is 5.41 Å². The summed E-state index contributed by atoms with van der Waals surface area (Å²) in [7, 11) is 0. The van der Waals surface area contributed by atoms with Crippen molar-refractivity contribution in [2.75, 3.05) is 6.54 Å². The van der Waals surface area contributed by atoms with Crippen molar-refractivity contribution < 1.29 is 14.7 Å². The summed E-state index contributed by atoms with van der Waals surface area (Å²) in [5.74, 6) is -0.852. The third-order valence-corrected chi connectivity index (χ3v) is 3.49. The first-order chi connectivity index (χ1) is 8.41. The fourth-order valence-corrected chi connectivity index (χ4v) is 1.91. The van der Waals surface area contributed by atoms with E-state index >= 15 is 0 Å². The molecule has 1 unspecified atom stereocenters. The first-order valence-corrected chi connectivity index (χ1v) is 6.69. The summed E-state index contributed by atoms with van der Waals surface area (Å²) in [6, 6.07) is -0.180. The van der Waals surface area contributed by atoms with Gasteiger partial charge < -0.3 is 15.7 Å². The highest BCUT2D eigenvalue weighted by Gasteiger charge is 2.35. The summed E-state index contributed by atoms with van der Waals surface area (Å²) in [4.78, 5) is 22.9. The van der Waals surface area contributed by atoms with Crippen molar-refractivity contribution in [3.63, 3.8) is 0 Å². The number of carboxylic acid groups (broad SMARTS) is 1. The van der Waals surface area contributed by atoms with Crippen molar-refractivity contribution in [1.29, 1.82) is 0 Å². The van der Waals surface area contributed by atoms with E-state index in [9.17, 15) is 14.7 Å². The molecule has 1 atom stereocenters. The second-order valence-corrected chi connectivity index (χ2v) is 4.81. The van der Waals surface area contributed by atoms with E-state index in [1.807, 2.05) is 20.8 Å². The van der Waals surface area contributed by atoms with E-state index in [4.69, 9.17) is 0 Å². The molecule has 2 amide bonds. The van der Waals surface area contributed by atoms with Crippen LogP contribution in [0.3, 0.4) is 0 Å². The Hall–Kier alpha value is -1.26. The number of nitrogens with one attached hydrogen (secondary N) is 2. The zero-order chi connectivity index (χ0) is 14.2. The second kappa shape index (κ2) is 7.95. The minimum Gasteiger partial charge on any atom is -0.481 e. The first-order valence-electron chi connectivity index (χ1n) is 6.69. The maximum Gasteiger partial charge on any atom is 0.315 e. The summed E-state index contributed by atoms with van der Waals surface area (Å²) >= 11 is 0. The molecule has 3 N–H and O–H groups in total. The van der Waals surface area contributed by atoms with Gasteiger partial charge in [-0.05, 0) is 26.2 Å². The minimum atomic E-state index is -0.856. The van der Waals surface area contributed by atoms with Gasteiger partial charge in [0.1, 0.15) is 0 Å². The Morgan fingerprint density at radius 2 is 1.78 bits per heavy atom. The van der Waals surface area contributed by atoms with Gasteiger partial charge in [-0.2, -0.15) is 0 Å². The van der Waals surface area contributed by atoms with Gasteiger partial charge in [0.2, 0.25) is 0 Å². The highest BCUT2D eigenvalue weighted by molar-refractivity contribution is 5.78. The lowest BCUT2D eigenvalue weighted by molar-refractivity contribution is -0.149.